The highest BCUT2D eigenvalue weighted by atomic mass is 16.7. The molecule has 0 saturated carbocycles. The molecule has 0 aromatic carbocycles. The fourth-order valence-corrected chi connectivity index (χ4v) is 1.49. The summed E-state index contributed by atoms with van der Waals surface area (Å²) in [4.78, 5) is 4.38. The summed E-state index contributed by atoms with van der Waals surface area (Å²) in [6.45, 7) is 3.38. The van der Waals surface area contributed by atoms with E-state index >= 15 is 0 Å². The number of hydrogen-bond acceptors (Lipinski definition) is 4. The fourth-order valence-electron chi connectivity index (χ4n) is 1.49. The predicted octanol–water partition coefficient (Wildman–Crippen LogP) is 0.813. The van der Waals surface area contributed by atoms with Gasteiger partial charge in [-0.05, 0) is 6.42 Å². The van der Waals surface area contributed by atoms with Crippen molar-refractivity contribution in [2.24, 2.45) is 7.05 Å². The molecule has 0 aliphatic carbocycles. The number of hydrogen-bond donors (Lipinski definition) is 0. The summed E-state index contributed by atoms with van der Waals surface area (Å²) in [5.41, 5.74) is 0. The molecule has 0 radical (unpaired) electrons. The van der Waals surface area contributed by atoms with Gasteiger partial charge in [0.2, 0.25) is 12.1 Å². The van der Waals surface area contributed by atoms with Gasteiger partial charge in [-0.1, -0.05) is 6.92 Å². The van der Waals surface area contributed by atoms with Crippen LogP contribution in [0.3, 0.4) is 0 Å². The molecule has 78 valence electrons. The summed E-state index contributed by atoms with van der Waals surface area (Å²) in [7, 11) is 1.90. The topological polar surface area (TPSA) is 49.2 Å². The van der Waals surface area contributed by atoms with Crippen molar-refractivity contribution >= 4 is 0 Å². The molecule has 0 atom stereocenters. The third-order valence-corrected chi connectivity index (χ3v) is 2.18. The maximum atomic E-state index is 5.32. The maximum Gasteiger partial charge on any atom is 0.221 e. The number of aromatic nitrogens is 3. The second-order valence-corrected chi connectivity index (χ2v) is 3.33. The number of ether oxygens (including phenoxy) is 2. The molecule has 1 fully saturated rings. The Morgan fingerprint density at radius 2 is 2.14 bits per heavy atom. The quantitative estimate of drug-likeness (QED) is 0.719. The molecule has 0 spiro atoms. The molecular formula is C9H15N3O2. The monoisotopic (exact) mass is 197 g/mol. The van der Waals surface area contributed by atoms with E-state index in [-0.39, 0.29) is 6.29 Å². The molecule has 1 aliphatic heterocycles. The van der Waals surface area contributed by atoms with Crippen LogP contribution < -0.4 is 0 Å². The zero-order valence-electron chi connectivity index (χ0n) is 8.56. The van der Waals surface area contributed by atoms with E-state index in [1.54, 1.807) is 4.68 Å². The molecule has 0 unspecified atom stereocenters. The average Bonchev–Trinajstić information content (AvgIpc) is 2.76. The largest absolute Gasteiger partial charge is 0.343 e. The van der Waals surface area contributed by atoms with Gasteiger partial charge in [-0.15, -0.1) is 0 Å². The van der Waals surface area contributed by atoms with Gasteiger partial charge in [0, 0.05) is 13.5 Å². The Labute approximate surface area is 83.0 Å². The van der Waals surface area contributed by atoms with Crippen molar-refractivity contribution < 1.29 is 9.47 Å². The van der Waals surface area contributed by atoms with Crippen LogP contribution in [0.25, 0.3) is 0 Å². The van der Waals surface area contributed by atoms with Crippen molar-refractivity contribution in [1.29, 1.82) is 0 Å². The van der Waals surface area contributed by atoms with E-state index in [1.807, 2.05) is 7.05 Å². The van der Waals surface area contributed by atoms with Gasteiger partial charge >= 0.3 is 0 Å². The van der Waals surface area contributed by atoms with Crippen LogP contribution in [-0.2, 0) is 22.9 Å². The predicted molar refractivity (Wildman–Crippen MR) is 49.6 cm³/mol. The van der Waals surface area contributed by atoms with Crippen LogP contribution in [0.5, 0.6) is 0 Å². The lowest BCUT2D eigenvalue weighted by molar-refractivity contribution is -0.0507. The lowest BCUT2D eigenvalue weighted by Crippen LogP contribution is -2.01. The van der Waals surface area contributed by atoms with Crippen molar-refractivity contribution in [3.8, 4) is 0 Å². The van der Waals surface area contributed by atoms with E-state index in [4.69, 9.17) is 9.47 Å². The SMILES string of the molecule is CCCc1nc(C2OCCO2)nn1C. The third-order valence-electron chi connectivity index (χ3n) is 2.18. The molecule has 1 aromatic rings. The molecule has 1 aromatic heterocycles. The van der Waals surface area contributed by atoms with Gasteiger partial charge in [-0.2, -0.15) is 5.10 Å². The minimum absolute atomic E-state index is 0.355. The Kier molecular flexibility index (Phi) is 2.79. The van der Waals surface area contributed by atoms with E-state index in [0.29, 0.717) is 19.0 Å². The zero-order chi connectivity index (χ0) is 9.97. The van der Waals surface area contributed by atoms with Gasteiger partial charge in [0.05, 0.1) is 13.2 Å². The summed E-state index contributed by atoms with van der Waals surface area (Å²) >= 11 is 0. The number of nitrogens with zero attached hydrogens (tertiary/aromatic N) is 3. The first kappa shape index (κ1) is 9.61. The van der Waals surface area contributed by atoms with Crippen LogP contribution in [0.1, 0.15) is 31.3 Å². The number of rotatable bonds is 3. The molecule has 5 nitrogen and oxygen atoms in total. The molecule has 5 heteroatoms. The molecule has 0 N–H and O–H groups in total. The second kappa shape index (κ2) is 4.06. The lowest BCUT2D eigenvalue weighted by atomic mass is 10.3. The van der Waals surface area contributed by atoms with Crippen molar-refractivity contribution in [3.63, 3.8) is 0 Å². The Balaban J connectivity index is 2.14. The molecule has 2 rings (SSSR count). The van der Waals surface area contributed by atoms with Crippen molar-refractivity contribution in [1.82, 2.24) is 14.8 Å². The summed E-state index contributed by atoms with van der Waals surface area (Å²) < 4.78 is 12.4. The summed E-state index contributed by atoms with van der Waals surface area (Å²) in [5, 5.41) is 4.27. The number of aryl methyl sites for hydroxylation is 2. The highest BCUT2D eigenvalue weighted by Gasteiger charge is 2.23. The third kappa shape index (κ3) is 1.78. The lowest BCUT2D eigenvalue weighted by Gasteiger charge is -2.01. The van der Waals surface area contributed by atoms with Crippen molar-refractivity contribution in [2.45, 2.75) is 26.1 Å². The van der Waals surface area contributed by atoms with Crippen LogP contribution >= 0.6 is 0 Å². The van der Waals surface area contributed by atoms with Crippen LogP contribution in [0, 0.1) is 0 Å². The van der Waals surface area contributed by atoms with Crippen LogP contribution in [0.2, 0.25) is 0 Å². The van der Waals surface area contributed by atoms with Gasteiger partial charge in [0.25, 0.3) is 0 Å². The standard InChI is InChI=1S/C9H15N3O2/c1-3-4-7-10-8(11-12(7)2)9-13-5-6-14-9/h9H,3-6H2,1-2H3. The van der Waals surface area contributed by atoms with Gasteiger partial charge in [0.15, 0.2) is 0 Å². The molecule has 0 bridgehead atoms. The van der Waals surface area contributed by atoms with Gasteiger partial charge < -0.3 is 9.47 Å². The van der Waals surface area contributed by atoms with Crippen molar-refractivity contribution in [3.05, 3.63) is 11.6 Å². The Morgan fingerprint density at radius 1 is 1.43 bits per heavy atom. The van der Waals surface area contributed by atoms with E-state index in [1.165, 1.54) is 0 Å². The van der Waals surface area contributed by atoms with Gasteiger partial charge in [-0.3, -0.25) is 4.68 Å². The fraction of sp³-hybridized carbons (Fsp3) is 0.778. The smallest absolute Gasteiger partial charge is 0.221 e. The highest BCUT2D eigenvalue weighted by molar-refractivity contribution is 4.94. The van der Waals surface area contributed by atoms with Gasteiger partial charge in [-0.25, -0.2) is 4.98 Å². The highest BCUT2D eigenvalue weighted by Crippen LogP contribution is 2.20. The summed E-state index contributed by atoms with van der Waals surface area (Å²) in [6, 6.07) is 0. The molecular weight excluding hydrogens is 182 g/mol. The first-order valence-corrected chi connectivity index (χ1v) is 4.94. The summed E-state index contributed by atoms with van der Waals surface area (Å²) in [5.74, 6) is 1.63. The molecule has 1 saturated heterocycles. The van der Waals surface area contributed by atoms with E-state index in [0.717, 1.165) is 18.7 Å². The molecule has 1 aliphatic rings. The first-order valence-electron chi connectivity index (χ1n) is 4.94. The minimum Gasteiger partial charge on any atom is -0.343 e. The van der Waals surface area contributed by atoms with Crippen molar-refractivity contribution in [2.75, 3.05) is 13.2 Å². The minimum atomic E-state index is -0.355. The first-order chi connectivity index (χ1) is 6.81. The molecule has 2 heterocycles. The Morgan fingerprint density at radius 3 is 2.79 bits per heavy atom. The molecule has 14 heavy (non-hydrogen) atoms. The Hall–Kier alpha value is -0.940. The van der Waals surface area contributed by atoms with E-state index in [9.17, 15) is 0 Å². The van der Waals surface area contributed by atoms with Gasteiger partial charge in [0.1, 0.15) is 5.82 Å². The summed E-state index contributed by atoms with van der Waals surface area (Å²) in [6.07, 6.45) is 1.65. The maximum absolute atomic E-state index is 5.32. The normalized spacial score (nSPS) is 17.9. The second-order valence-electron chi connectivity index (χ2n) is 3.33. The van der Waals surface area contributed by atoms with Crippen LogP contribution in [0.15, 0.2) is 0 Å². The van der Waals surface area contributed by atoms with E-state index < -0.39 is 0 Å². The van der Waals surface area contributed by atoms with Crippen LogP contribution in [-0.4, -0.2) is 28.0 Å². The Bertz CT molecular complexity index is 305. The average molecular weight is 197 g/mol. The van der Waals surface area contributed by atoms with Crippen LogP contribution in [0.4, 0.5) is 0 Å². The zero-order valence-corrected chi connectivity index (χ0v) is 8.56. The molecule has 0 amide bonds. The van der Waals surface area contributed by atoms with E-state index in [2.05, 4.69) is 17.0 Å².